The molecule has 0 aliphatic rings. The zero-order chi connectivity index (χ0) is 16.8. The lowest BCUT2D eigenvalue weighted by Crippen LogP contribution is -2.14. The van der Waals surface area contributed by atoms with Crippen LogP contribution >= 0.6 is 11.6 Å². The van der Waals surface area contributed by atoms with Crippen LogP contribution in [0.15, 0.2) is 30.3 Å². The summed E-state index contributed by atoms with van der Waals surface area (Å²) in [5, 5.41) is 4.24. The first-order chi connectivity index (χ1) is 10.8. The number of fused-ring (bicyclic) bond motifs is 1. The van der Waals surface area contributed by atoms with Crippen molar-refractivity contribution in [2.24, 2.45) is 0 Å². The Balaban J connectivity index is 2.36. The molecule has 2 heterocycles. The smallest absolute Gasteiger partial charge is 0.298 e. The van der Waals surface area contributed by atoms with Crippen molar-refractivity contribution in [1.29, 1.82) is 0 Å². The van der Waals surface area contributed by atoms with E-state index in [4.69, 9.17) is 11.6 Å². The fourth-order valence-corrected chi connectivity index (χ4v) is 2.37. The molecule has 0 radical (unpaired) electrons. The van der Waals surface area contributed by atoms with Gasteiger partial charge in [-0.25, -0.2) is 9.50 Å². The summed E-state index contributed by atoms with van der Waals surface area (Å²) in [5.41, 5.74) is -0.360. The first-order valence-electron chi connectivity index (χ1n) is 6.50. The molecule has 0 bridgehead atoms. The molecule has 23 heavy (non-hydrogen) atoms. The molecule has 3 aromatic rings. The molecule has 2 aromatic heterocycles. The number of nitrogens with zero attached hydrogens (tertiary/aromatic N) is 3. The molecule has 0 saturated heterocycles. The van der Waals surface area contributed by atoms with E-state index in [0.29, 0.717) is 21.4 Å². The minimum atomic E-state index is -4.64. The molecule has 0 fully saturated rings. The average molecular weight is 340 g/mol. The first-order valence-corrected chi connectivity index (χ1v) is 6.88. The third-order valence-corrected chi connectivity index (χ3v) is 3.61. The number of hydrogen-bond acceptors (Lipinski definition) is 3. The standard InChI is InChI=1S/C15H9ClF3N3O/c1-8-11(7-23)14-20-12(9-2-4-10(16)5-3-9)6-13(15(17,18)19)22(14)21-8/h2-7H,1H3. The highest BCUT2D eigenvalue weighted by atomic mass is 35.5. The molecule has 3 rings (SSSR count). The maximum atomic E-state index is 13.3. The average Bonchev–Trinajstić information content (AvgIpc) is 2.81. The van der Waals surface area contributed by atoms with E-state index >= 15 is 0 Å². The summed E-state index contributed by atoms with van der Waals surface area (Å²) in [6.07, 6.45) is -4.18. The summed E-state index contributed by atoms with van der Waals surface area (Å²) in [6, 6.07) is 7.13. The number of benzene rings is 1. The van der Waals surface area contributed by atoms with Gasteiger partial charge >= 0.3 is 6.18 Å². The van der Waals surface area contributed by atoms with Crippen molar-refractivity contribution < 1.29 is 18.0 Å². The second-order valence-electron chi connectivity index (χ2n) is 4.88. The molecule has 0 unspecified atom stereocenters. The van der Waals surface area contributed by atoms with Gasteiger partial charge in [0.1, 0.15) is 0 Å². The highest BCUT2D eigenvalue weighted by Gasteiger charge is 2.36. The van der Waals surface area contributed by atoms with Crippen molar-refractivity contribution in [2.45, 2.75) is 13.1 Å². The number of aromatic nitrogens is 3. The molecule has 1 aromatic carbocycles. The number of aldehydes is 1. The van der Waals surface area contributed by atoms with Crippen LogP contribution in [0.1, 0.15) is 21.7 Å². The van der Waals surface area contributed by atoms with Crippen LogP contribution in [0, 0.1) is 6.92 Å². The summed E-state index contributed by atoms with van der Waals surface area (Å²) >= 11 is 5.79. The van der Waals surface area contributed by atoms with E-state index in [9.17, 15) is 18.0 Å². The van der Waals surface area contributed by atoms with Crippen molar-refractivity contribution in [3.8, 4) is 11.3 Å². The van der Waals surface area contributed by atoms with Crippen molar-refractivity contribution in [3.05, 3.63) is 52.3 Å². The Bertz CT molecular complexity index is 901. The van der Waals surface area contributed by atoms with Gasteiger partial charge in [-0.15, -0.1) is 0 Å². The maximum Gasteiger partial charge on any atom is 0.433 e. The van der Waals surface area contributed by atoms with Crippen LogP contribution in [0.25, 0.3) is 16.9 Å². The molecular weight excluding hydrogens is 331 g/mol. The summed E-state index contributed by atoms with van der Waals surface area (Å²) < 4.78 is 40.6. The van der Waals surface area contributed by atoms with Gasteiger partial charge in [-0.05, 0) is 25.1 Å². The highest BCUT2D eigenvalue weighted by Crippen LogP contribution is 2.33. The normalized spacial score (nSPS) is 11.9. The molecule has 8 heteroatoms. The van der Waals surface area contributed by atoms with Gasteiger partial charge in [0.2, 0.25) is 0 Å². The summed E-state index contributed by atoms with van der Waals surface area (Å²) in [5.74, 6) is 0. The zero-order valence-electron chi connectivity index (χ0n) is 11.7. The number of alkyl halides is 3. The van der Waals surface area contributed by atoms with E-state index in [1.54, 1.807) is 24.3 Å². The lowest BCUT2D eigenvalue weighted by atomic mass is 10.1. The number of carbonyl (C=O) groups is 1. The zero-order valence-corrected chi connectivity index (χ0v) is 12.5. The van der Waals surface area contributed by atoms with Crippen LogP contribution in [-0.4, -0.2) is 20.9 Å². The van der Waals surface area contributed by atoms with Crippen LogP contribution in [0.5, 0.6) is 0 Å². The van der Waals surface area contributed by atoms with Crippen molar-refractivity contribution >= 4 is 23.5 Å². The van der Waals surface area contributed by atoms with Gasteiger partial charge in [0.05, 0.1) is 17.0 Å². The van der Waals surface area contributed by atoms with E-state index in [1.165, 1.54) is 6.92 Å². The largest absolute Gasteiger partial charge is 0.433 e. The topological polar surface area (TPSA) is 47.3 Å². The van der Waals surface area contributed by atoms with E-state index in [2.05, 4.69) is 10.1 Å². The predicted octanol–water partition coefficient (Wildman–Crippen LogP) is 4.19. The summed E-state index contributed by atoms with van der Waals surface area (Å²) in [6.45, 7) is 1.46. The summed E-state index contributed by atoms with van der Waals surface area (Å²) in [4.78, 5) is 15.3. The molecule has 0 N–H and O–H groups in total. The molecule has 0 aliphatic heterocycles. The Morgan fingerprint density at radius 2 is 1.87 bits per heavy atom. The van der Waals surface area contributed by atoms with Gasteiger partial charge in [-0.3, -0.25) is 4.79 Å². The lowest BCUT2D eigenvalue weighted by Gasteiger charge is -2.11. The van der Waals surface area contributed by atoms with Crippen LogP contribution < -0.4 is 0 Å². The molecular formula is C15H9ClF3N3O. The Labute approximate surface area is 133 Å². The van der Waals surface area contributed by atoms with E-state index in [0.717, 1.165) is 6.07 Å². The fourth-order valence-electron chi connectivity index (χ4n) is 2.25. The Kier molecular flexibility index (Phi) is 3.60. The Hall–Kier alpha value is -2.41. The van der Waals surface area contributed by atoms with Crippen molar-refractivity contribution in [2.75, 3.05) is 0 Å². The number of carbonyl (C=O) groups excluding carboxylic acids is 1. The molecule has 0 aliphatic carbocycles. The van der Waals surface area contributed by atoms with Crippen molar-refractivity contribution in [1.82, 2.24) is 14.6 Å². The SMILES string of the molecule is Cc1nn2c(C(F)(F)F)cc(-c3ccc(Cl)cc3)nc2c1C=O. The highest BCUT2D eigenvalue weighted by molar-refractivity contribution is 6.30. The van der Waals surface area contributed by atoms with Gasteiger partial charge in [0, 0.05) is 10.6 Å². The van der Waals surface area contributed by atoms with Crippen LogP contribution in [0.4, 0.5) is 13.2 Å². The second-order valence-corrected chi connectivity index (χ2v) is 5.32. The molecule has 0 amide bonds. The van der Waals surface area contributed by atoms with Crippen LogP contribution in [-0.2, 0) is 6.18 Å². The van der Waals surface area contributed by atoms with Crippen LogP contribution in [0.3, 0.4) is 0 Å². The van der Waals surface area contributed by atoms with Gasteiger partial charge in [-0.2, -0.15) is 18.3 Å². The Morgan fingerprint density at radius 3 is 2.43 bits per heavy atom. The minimum Gasteiger partial charge on any atom is -0.298 e. The molecule has 118 valence electrons. The number of rotatable bonds is 2. The quantitative estimate of drug-likeness (QED) is 0.658. The van der Waals surface area contributed by atoms with Crippen molar-refractivity contribution in [3.63, 3.8) is 0 Å². The van der Waals surface area contributed by atoms with E-state index in [-0.39, 0.29) is 22.6 Å². The van der Waals surface area contributed by atoms with E-state index < -0.39 is 11.9 Å². The van der Waals surface area contributed by atoms with E-state index in [1.807, 2.05) is 0 Å². The predicted molar refractivity (Wildman–Crippen MR) is 78.6 cm³/mol. The first kappa shape index (κ1) is 15.5. The lowest BCUT2D eigenvalue weighted by molar-refractivity contribution is -0.142. The summed E-state index contributed by atoms with van der Waals surface area (Å²) in [7, 11) is 0. The Morgan fingerprint density at radius 1 is 1.22 bits per heavy atom. The second kappa shape index (κ2) is 5.34. The molecule has 0 saturated carbocycles. The number of halogens is 4. The third kappa shape index (κ3) is 2.68. The fraction of sp³-hybridized carbons (Fsp3) is 0.133. The molecule has 0 atom stereocenters. The maximum absolute atomic E-state index is 13.3. The third-order valence-electron chi connectivity index (χ3n) is 3.36. The minimum absolute atomic E-state index is 0.0336. The van der Waals surface area contributed by atoms with Gasteiger partial charge in [0.15, 0.2) is 17.6 Å². The number of hydrogen-bond donors (Lipinski definition) is 0. The number of aryl methyl sites for hydroxylation is 1. The molecule has 0 spiro atoms. The monoisotopic (exact) mass is 339 g/mol. The van der Waals surface area contributed by atoms with Gasteiger partial charge in [-0.1, -0.05) is 23.7 Å². The van der Waals surface area contributed by atoms with Gasteiger partial charge in [0.25, 0.3) is 0 Å². The molecule has 4 nitrogen and oxygen atoms in total. The van der Waals surface area contributed by atoms with Crippen LogP contribution in [0.2, 0.25) is 5.02 Å². The van der Waals surface area contributed by atoms with Gasteiger partial charge < -0.3 is 0 Å².